The first-order valence-corrected chi connectivity index (χ1v) is 7.69. The summed E-state index contributed by atoms with van der Waals surface area (Å²) in [5.41, 5.74) is 2.03. The van der Waals surface area contributed by atoms with Gasteiger partial charge < -0.3 is 4.90 Å². The first-order chi connectivity index (χ1) is 11.6. The Hall–Kier alpha value is -3.03. The molecule has 0 saturated heterocycles. The van der Waals surface area contributed by atoms with E-state index >= 15 is 0 Å². The molecular formula is C16H19N7O. The number of benzene rings is 1. The van der Waals surface area contributed by atoms with Gasteiger partial charge in [-0.05, 0) is 41.1 Å². The zero-order chi connectivity index (χ0) is 16.9. The van der Waals surface area contributed by atoms with E-state index in [0.29, 0.717) is 25.3 Å². The van der Waals surface area contributed by atoms with Crippen molar-refractivity contribution in [2.75, 3.05) is 7.05 Å². The van der Waals surface area contributed by atoms with E-state index in [4.69, 9.17) is 0 Å². The molecule has 0 fully saturated rings. The molecule has 0 atom stereocenters. The molecule has 124 valence electrons. The molecular weight excluding hydrogens is 306 g/mol. The lowest BCUT2D eigenvalue weighted by Gasteiger charge is -2.18. The highest BCUT2D eigenvalue weighted by molar-refractivity contribution is 5.75. The third kappa shape index (κ3) is 3.65. The van der Waals surface area contributed by atoms with Gasteiger partial charge in [0.2, 0.25) is 5.91 Å². The minimum atomic E-state index is 0.0504. The van der Waals surface area contributed by atoms with Gasteiger partial charge in [-0.3, -0.25) is 4.79 Å². The number of carbonyl (C=O) groups is 1. The van der Waals surface area contributed by atoms with Crippen molar-refractivity contribution in [3.63, 3.8) is 0 Å². The first kappa shape index (κ1) is 15.9. The number of nitrogens with zero attached hydrogens (tertiary/aromatic N) is 7. The van der Waals surface area contributed by atoms with Crippen molar-refractivity contribution in [2.24, 2.45) is 0 Å². The number of rotatable bonds is 6. The van der Waals surface area contributed by atoms with Crippen LogP contribution in [0.15, 0.2) is 42.7 Å². The maximum atomic E-state index is 12.3. The van der Waals surface area contributed by atoms with Gasteiger partial charge in [-0.1, -0.05) is 12.1 Å². The Morgan fingerprint density at radius 3 is 2.88 bits per heavy atom. The molecule has 0 radical (unpaired) electrons. The Balaban J connectivity index is 1.60. The number of amides is 1. The van der Waals surface area contributed by atoms with E-state index in [1.807, 2.05) is 43.5 Å². The van der Waals surface area contributed by atoms with Crippen molar-refractivity contribution in [3.8, 4) is 5.69 Å². The lowest BCUT2D eigenvalue weighted by molar-refractivity contribution is -0.130. The molecule has 2 aromatic heterocycles. The average Bonchev–Trinajstić information content (AvgIpc) is 3.24. The van der Waals surface area contributed by atoms with E-state index in [2.05, 4.69) is 20.6 Å². The molecule has 8 nitrogen and oxygen atoms in total. The third-order valence-corrected chi connectivity index (χ3v) is 3.77. The van der Waals surface area contributed by atoms with E-state index in [1.165, 1.54) is 0 Å². The Bertz CT molecular complexity index is 809. The smallest absolute Gasteiger partial charge is 0.224 e. The van der Waals surface area contributed by atoms with Crippen LogP contribution in [0, 0.1) is 6.92 Å². The normalized spacial score (nSPS) is 10.8. The van der Waals surface area contributed by atoms with Crippen molar-refractivity contribution in [1.29, 1.82) is 0 Å². The Morgan fingerprint density at radius 2 is 2.17 bits per heavy atom. The highest BCUT2D eigenvalue weighted by Crippen LogP contribution is 2.12. The second-order valence-electron chi connectivity index (χ2n) is 5.57. The topological polar surface area (TPSA) is 81.7 Å². The molecule has 1 aromatic carbocycles. The number of hydrogen-bond donors (Lipinski definition) is 0. The van der Waals surface area contributed by atoms with Gasteiger partial charge in [0.05, 0.1) is 12.2 Å². The molecule has 0 aliphatic rings. The summed E-state index contributed by atoms with van der Waals surface area (Å²) in [7, 11) is 1.80. The fraction of sp³-hybridized carbons (Fsp3) is 0.312. The summed E-state index contributed by atoms with van der Waals surface area (Å²) in [6.45, 7) is 2.84. The molecule has 3 rings (SSSR count). The van der Waals surface area contributed by atoms with E-state index in [-0.39, 0.29) is 5.91 Å². The Morgan fingerprint density at radius 1 is 1.29 bits per heavy atom. The van der Waals surface area contributed by atoms with E-state index in [1.54, 1.807) is 27.5 Å². The van der Waals surface area contributed by atoms with Crippen LogP contribution >= 0.6 is 0 Å². The van der Waals surface area contributed by atoms with Crippen LogP contribution in [0.2, 0.25) is 0 Å². The quantitative estimate of drug-likeness (QED) is 0.680. The van der Waals surface area contributed by atoms with Crippen LogP contribution < -0.4 is 0 Å². The number of aryl methyl sites for hydroxylation is 2. The van der Waals surface area contributed by atoms with Crippen molar-refractivity contribution in [2.45, 2.75) is 26.4 Å². The molecule has 1 amide bonds. The fourth-order valence-electron chi connectivity index (χ4n) is 2.43. The fourth-order valence-corrected chi connectivity index (χ4v) is 2.43. The van der Waals surface area contributed by atoms with Crippen LogP contribution in [0.25, 0.3) is 5.69 Å². The van der Waals surface area contributed by atoms with Gasteiger partial charge in [0.1, 0.15) is 5.82 Å². The molecule has 0 unspecified atom stereocenters. The summed E-state index contributed by atoms with van der Waals surface area (Å²) < 4.78 is 3.43. The number of tetrazole rings is 1. The SMILES string of the molecule is Cc1nnnn1CCC(=O)N(C)Cc1cccc(-n2cccn2)c1. The number of aromatic nitrogens is 6. The zero-order valence-corrected chi connectivity index (χ0v) is 13.7. The van der Waals surface area contributed by atoms with Crippen LogP contribution in [0.4, 0.5) is 0 Å². The van der Waals surface area contributed by atoms with Crippen molar-refractivity contribution in [1.82, 2.24) is 34.9 Å². The van der Waals surface area contributed by atoms with Gasteiger partial charge in [0, 0.05) is 32.4 Å². The maximum absolute atomic E-state index is 12.3. The minimum absolute atomic E-state index is 0.0504. The minimum Gasteiger partial charge on any atom is -0.341 e. The summed E-state index contributed by atoms with van der Waals surface area (Å²) >= 11 is 0. The van der Waals surface area contributed by atoms with Gasteiger partial charge in [0.15, 0.2) is 0 Å². The van der Waals surface area contributed by atoms with Crippen LogP contribution in [-0.4, -0.2) is 47.8 Å². The lowest BCUT2D eigenvalue weighted by atomic mass is 10.2. The van der Waals surface area contributed by atoms with Gasteiger partial charge >= 0.3 is 0 Å². The molecule has 0 N–H and O–H groups in total. The largest absolute Gasteiger partial charge is 0.341 e. The second kappa shape index (κ2) is 7.03. The van der Waals surface area contributed by atoms with Crippen molar-refractivity contribution >= 4 is 5.91 Å². The van der Waals surface area contributed by atoms with E-state index < -0.39 is 0 Å². The summed E-state index contributed by atoms with van der Waals surface area (Å²) in [5, 5.41) is 15.5. The molecule has 2 heterocycles. The summed E-state index contributed by atoms with van der Waals surface area (Å²) in [5.74, 6) is 0.756. The van der Waals surface area contributed by atoms with Gasteiger partial charge in [-0.15, -0.1) is 5.10 Å². The predicted octanol–water partition coefficient (Wildman–Crippen LogP) is 1.22. The van der Waals surface area contributed by atoms with Crippen LogP contribution in [0.1, 0.15) is 17.8 Å². The van der Waals surface area contributed by atoms with E-state index in [9.17, 15) is 4.79 Å². The molecule has 0 aliphatic heterocycles. The van der Waals surface area contributed by atoms with Crippen molar-refractivity contribution in [3.05, 3.63) is 54.1 Å². The van der Waals surface area contributed by atoms with Crippen molar-refractivity contribution < 1.29 is 4.79 Å². The maximum Gasteiger partial charge on any atom is 0.224 e. The Kier molecular flexibility index (Phi) is 4.64. The molecule has 24 heavy (non-hydrogen) atoms. The third-order valence-electron chi connectivity index (χ3n) is 3.77. The summed E-state index contributed by atoms with van der Waals surface area (Å²) in [4.78, 5) is 14.0. The Labute approximate surface area is 139 Å². The standard InChI is InChI=1S/C16H19N7O/c1-13-18-19-20-22(13)10-7-16(24)21(2)12-14-5-3-6-15(11-14)23-9-4-8-17-23/h3-6,8-9,11H,7,10,12H2,1-2H3. The lowest BCUT2D eigenvalue weighted by Crippen LogP contribution is -2.27. The highest BCUT2D eigenvalue weighted by atomic mass is 16.2. The van der Waals surface area contributed by atoms with Crippen LogP contribution in [0.5, 0.6) is 0 Å². The molecule has 0 spiro atoms. The van der Waals surface area contributed by atoms with Gasteiger partial charge in [-0.2, -0.15) is 5.10 Å². The monoisotopic (exact) mass is 325 g/mol. The molecule has 8 heteroatoms. The predicted molar refractivity (Wildman–Crippen MR) is 87.2 cm³/mol. The number of carbonyl (C=O) groups excluding carboxylic acids is 1. The number of hydrogen-bond acceptors (Lipinski definition) is 5. The molecule has 3 aromatic rings. The summed E-state index contributed by atoms with van der Waals surface area (Å²) in [6.07, 6.45) is 3.99. The highest BCUT2D eigenvalue weighted by Gasteiger charge is 2.11. The van der Waals surface area contributed by atoms with Gasteiger partial charge in [-0.25, -0.2) is 9.36 Å². The molecule has 0 bridgehead atoms. The first-order valence-electron chi connectivity index (χ1n) is 7.69. The zero-order valence-electron chi connectivity index (χ0n) is 13.7. The second-order valence-corrected chi connectivity index (χ2v) is 5.57. The van der Waals surface area contributed by atoms with Crippen LogP contribution in [-0.2, 0) is 17.9 Å². The van der Waals surface area contributed by atoms with Gasteiger partial charge in [0.25, 0.3) is 0 Å². The van der Waals surface area contributed by atoms with Crippen LogP contribution in [0.3, 0.4) is 0 Å². The average molecular weight is 325 g/mol. The molecule has 0 saturated carbocycles. The summed E-state index contributed by atoms with van der Waals surface area (Å²) in [6, 6.07) is 9.86. The molecule has 0 aliphatic carbocycles. The van der Waals surface area contributed by atoms with E-state index in [0.717, 1.165) is 11.3 Å².